The summed E-state index contributed by atoms with van der Waals surface area (Å²) < 4.78 is 19.0. The second kappa shape index (κ2) is 5.14. The zero-order valence-corrected chi connectivity index (χ0v) is 10.6. The molecule has 0 saturated heterocycles. The summed E-state index contributed by atoms with van der Waals surface area (Å²) in [6, 6.07) is 7.01. The lowest BCUT2D eigenvalue weighted by Gasteiger charge is -2.09. The Labute approximate surface area is 111 Å². The fraction of sp³-hybridized carbons (Fsp3) is 0. The lowest BCUT2D eigenvalue weighted by atomic mass is 10.2. The van der Waals surface area contributed by atoms with Crippen molar-refractivity contribution in [2.75, 3.05) is 0 Å². The summed E-state index contributed by atoms with van der Waals surface area (Å²) >= 11 is 3.21. The third-order valence-electron chi connectivity index (χ3n) is 2.14. The van der Waals surface area contributed by atoms with Gasteiger partial charge >= 0.3 is 0 Å². The Kier molecular flexibility index (Phi) is 3.57. The van der Waals surface area contributed by atoms with Crippen molar-refractivity contribution >= 4 is 21.8 Å². The molecule has 0 aliphatic heterocycles. The Morgan fingerprint density at radius 2 is 2.17 bits per heavy atom. The Balaban J connectivity index is 2.40. The first kappa shape index (κ1) is 12.5. The van der Waals surface area contributed by atoms with Crippen LogP contribution < -0.4 is 10.5 Å². The van der Waals surface area contributed by atoms with Crippen molar-refractivity contribution in [1.29, 1.82) is 0 Å². The van der Waals surface area contributed by atoms with Crippen LogP contribution in [0.4, 0.5) is 4.39 Å². The molecule has 1 aromatic heterocycles. The summed E-state index contributed by atoms with van der Waals surface area (Å²) in [6.07, 6.45) is 1.45. The highest BCUT2D eigenvalue weighted by atomic mass is 79.9. The number of nitrogens with two attached hydrogens (primary N) is 1. The maximum atomic E-state index is 13.1. The molecule has 0 spiro atoms. The number of ether oxygens (including phenoxy) is 1. The number of pyridine rings is 1. The lowest BCUT2D eigenvalue weighted by molar-refractivity contribution is 0.0997. The molecule has 0 saturated carbocycles. The number of hydrogen-bond acceptors (Lipinski definition) is 3. The molecule has 2 aromatic rings. The van der Waals surface area contributed by atoms with Crippen molar-refractivity contribution in [1.82, 2.24) is 4.98 Å². The number of primary amides is 1. The van der Waals surface area contributed by atoms with Crippen molar-refractivity contribution in [3.63, 3.8) is 0 Å². The fourth-order valence-corrected chi connectivity index (χ4v) is 1.65. The highest BCUT2D eigenvalue weighted by molar-refractivity contribution is 9.10. The smallest absolute Gasteiger partial charge is 0.254 e. The van der Waals surface area contributed by atoms with Crippen molar-refractivity contribution in [3.05, 3.63) is 52.4 Å². The third-order valence-corrected chi connectivity index (χ3v) is 2.79. The van der Waals surface area contributed by atoms with Gasteiger partial charge in [-0.2, -0.15) is 0 Å². The van der Waals surface area contributed by atoms with E-state index in [-0.39, 0.29) is 17.2 Å². The number of carbonyl (C=O) groups is 1. The normalized spacial score (nSPS) is 10.1. The molecule has 1 aromatic carbocycles. The second-order valence-corrected chi connectivity index (χ2v) is 4.25. The van der Waals surface area contributed by atoms with E-state index < -0.39 is 11.7 Å². The van der Waals surface area contributed by atoms with Gasteiger partial charge in [0, 0.05) is 12.3 Å². The molecule has 1 amide bonds. The quantitative estimate of drug-likeness (QED) is 0.948. The monoisotopic (exact) mass is 310 g/mol. The van der Waals surface area contributed by atoms with Crippen LogP contribution in [0.25, 0.3) is 0 Å². The van der Waals surface area contributed by atoms with Crippen LogP contribution in [0.5, 0.6) is 11.6 Å². The molecule has 18 heavy (non-hydrogen) atoms. The molecule has 92 valence electrons. The number of benzene rings is 1. The highest BCUT2D eigenvalue weighted by Crippen LogP contribution is 2.30. The molecule has 0 bridgehead atoms. The van der Waals surface area contributed by atoms with Crippen LogP contribution in [0.15, 0.2) is 41.0 Å². The summed E-state index contributed by atoms with van der Waals surface area (Å²) in [5.74, 6) is -0.858. The third kappa shape index (κ3) is 2.65. The first-order chi connectivity index (χ1) is 8.58. The van der Waals surface area contributed by atoms with E-state index in [9.17, 15) is 9.18 Å². The van der Waals surface area contributed by atoms with E-state index in [4.69, 9.17) is 10.5 Å². The standard InChI is InChI=1S/C12H8BrFN2O2/c13-9-4-3-7(14)6-10(9)18-12-8(11(15)17)2-1-5-16-12/h1-6H,(H2,15,17). The summed E-state index contributed by atoms with van der Waals surface area (Å²) in [5, 5.41) is 0. The fourth-order valence-electron chi connectivity index (χ4n) is 1.32. The van der Waals surface area contributed by atoms with E-state index in [2.05, 4.69) is 20.9 Å². The van der Waals surface area contributed by atoms with Crippen LogP contribution in [0.3, 0.4) is 0 Å². The van der Waals surface area contributed by atoms with Gasteiger partial charge in [-0.25, -0.2) is 9.37 Å². The van der Waals surface area contributed by atoms with Crippen molar-refractivity contribution < 1.29 is 13.9 Å². The topological polar surface area (TPSA) is 65.2 Å². The maximum absolute atomic E-state index is 13.1. The zero-order valence-electron chi connectivity index (χ0n) is 9.06. The number of nitrogens with zero attached hydrogens (tertiary/aromatic N) is 1. The molecule has 2 rings (SSSR count). The first-order valence-corrected chi connectivity index (χ1v) is 5.75. The van der Waals surface area contributed by atoms with Gasteiger partial charge in [0.25, 0.3) is 5.91 Å². The molecule has 4 nitrogen and oxygen atoms in total. The van der Waals surface area contributed by atoms with Gasteiger partial charge in [-0.1, -0.05) is 0 Å². The van der Waals surface area contributed by atoms with Gasteiger partial charge in [0.05, 0.1) is 4.47 Å². The minimum atomic E-state index is -0.661. The number of amides is 1. The maximum Gasteiger partial charge on any atom is 0.254 e. The molecule has 0 aliphatic carbocycles. The molecule has 2 N–H and O–H groups in total. The van der Waals surface area contributed by atoms with E-state index in [1.807, 2.05) is 0 Å². The van der Waals surface area contributed by atoms with E-state index in [1.165, 1.54) is 30.5 Å². The molecule has 1 heterocycles. The van der Waals surface area contributed by atoms with Gasteiger partial charge in [0.1, 0.15) is 17.1 Å². The largest absolute Gasteiger partial charge is 0.437 e. The predicted octanol–water partition coefficient (Wildman–Crippen LogP) is 2.87. The van der Waals surface area contributed by atoms with Crippen LogP contribution in [-0.2, 0) is 0 Å². The van der Waals surface area contributed by atoms with Crippen LogP contribution in [0.2, 0.25) is 0 Å². The number of hydrogen-bond donors (Lipinski definition) is 1. The van der Waals surface area contributed by atoms with Crippen molar-refractivity contribution in [3.8, 4) is 11.6 Å². The van der Waals surface area contributed by atoms with Crippen LogP contribution >= 0.6 is 15.9 Å². The molecule has 0 atom stereocenters. The first-order valence-electron chi connectivity index (χ1n) is 4.95. The van der Waals surface area contributed by atoms with E-state index in [0.29, 0.717) is 4.47 Å². The van der Waals surface area contributed by atoms with Gasteiger partial charge in [-0.15, -0.1) is 0 Å². The van der Waals surface area contributed by atoms with Crippen LogP contribution in [-0.4, -0.2) is 10.9 Å². The molecule has 0 radical (unpaired) electrons. The van der Waals surface area contributed by atoms with Gasteiger partial charge in [0.15, 0.2) is 0 Å². The van der Waals surface area contributed by atoms with E-state index in [0.717, 1.165) is 0 Å². The van der Waals surface area contributed by atoms with Crippen LogP contribution in [0.1, 0.15) is 10.4 Å². The number of rotatable bonds is 3. The summed E-state index contributed by atoms with van der Waals surface area (Å²) in [5.41, 5.74) is 5.32. The lowest BCUT2D eigenvalue weighted by Crippen LogP contribution is -2.12. The number of carbonyl (C=O) groups excluding carboxylic acids is 1. The van der Waals surface area contributed by atoms with Crippen molar-refractivity contribution in [2.45, 2.75) is 0 Å². The molecule has 0 fully saturated rings. The SMILES string of the molecule is NC(=O)c1cccnc1Oc1cc(F)ccc1Br. The van der Waals surface area contributed by atoms with Crippen molar-refractivity contribution in [2.24, 2.45) is 5.73 Å². The van der Waals surface area contributed by atoms with Gasteiger partial charge in [0.2, 0.25) is 5.88 Å². The summed E-state index contributed by atoms with van der Waals surface area (Å²) in [7, 11) is 0. The van der Waals surface area contributed by atoms with Gasteiger partial charge in [-0.05, 0) is 40.2 Å². The van der Waals surface area contributed by atoms with E-state index in [1.54, 1.807) is 6.07 Å². The number of halogens is 2. The molecular weight excluding hydrogens is 303 g/mol. The second-order valence-electron chi connectivity index (χ2n) is 3.40. The highest BCUT2D eigenvalue weighted by Gasteiger charge is 2.12. The molecule has 0 unspecified atom stereocenters. The number of aromatic nitrogens is 1. The zero-order chi connectivity index (χ0) is 13.1. The molecule has 0 aliphatic rings. The Morgan fingerprint density at radius 3 is 2.89 bits per heavy atom. The average Bonchev–Trinajstić information content (AvgIpc) is 2.34. The average molecular weight is 311 g/mol. The van der Waals surface area contributed by atoms with Crippen LogP contribution in [0, 0.1) is 5.82 Å². The van der Waals surface area contributed by atoms with Gasteiger partial charge in [-0.3, -0.25) is 4.79 Å². The predicted molar refractivity (Wildman–Crippen MR) is 66.9 cm³/mol. The van der Waals surface area contributed by atoms with Gasteiger partial charge < -0.3 is 10.5 Å². The Morgan fingerprint density at radius 1 is 1.39 bits per heavy atom. The summed E-state index contributed by atoms with van der Waals surface area (Å²) in [6.45, 7) is 0. The minimum Gasteiger partial charge on any atom is -0.437 e. The van der Waals surface area contributed by atoms with E-state index >= 15 is 0 Å². The molecular formula is C12H8BrFN2O2. The minimum absolute atomic E-state index is 0.0382. The molecule has 6 heteroatoms. The summed E-state index contributed by atoms with van der Waals surface area (Å²) in [4.78, 5) is 15.1. The Bertz CT molecular complexity index is 604. The Hall–Kier alpha value is -1.95.